The molecule has 0 aromatic heterocycles. The van der Waals surface area contributed by atoms with Gasteiger partial charge in [0.25, 0.3) is 0 Å². The summed E-state index contributed by atoms with van der Waals surface area (Å²) in [6.07, 6.45) is 5.04. The molecule has 1 aliphatic rings. The maximum Gasteiger partial charge on any atom is 0.228 e. The SMILES string of the molecule is O=C(C(=O)C1CCCCC1)c1cccc(-c2ccccc2)c1. The standard InChI is InChI=1S/C20H20O2/c21-19(16-10-5-2-6-11-16)20(22)18-13-7-12-17(14-18)15-8-3-1-4-9-15/h1,3-4,7-9,12-14,16H,2,5-6,10-11H2. The van der Waals surface area contributed by atoms with Gasteiger partial charge in [-0.15, -0.1) is 0 Å². The number of Topliss-reactive ketones (excluding diaryl/α,β-unsaturated/α-hetero) is 2. The topological polar surface area (TPSA) is 34.1 Å². The third kappa shape index (κ3) is 3.16. The Balaban J connectivity index is 1.82. The number of hydrogen-bond acceptors (Lipinski definition) is 2. The molecule has 0 unspecified atom stereocenters. The van der Waals surface area contributed by atoms with Crippen molar-refractivity contribution in [2.75, 3.05) is 0 Å². The summed E-state index contributed by atoms with van der Waals surface area (Å²) in [6, 6.07) is 17.3. The van der Waals surface area contributed by atoms with Crippen molar-refractivity contribution >= 4 is 11.6 Å². The molecule has 0 aliphatic heterocycles. The minimum atomic E-state index is -0.329. The molecule has 2 nitrogen and oxygen atoms in total. The van der Waals surface area contributed by atoms with Gasteiger partial charge in [0.2, 0.25) is 11.6 Å². The van der Waals surface area contributed by atoms with E-state index in [1.165, 1.54) is 6.42 Å². The molecule has 1 saturated carbocycles. The van der Waals surface area contributed by atoms with Crippen LogP contribution >= 0.6 is 0 Å². The Morgan fingerprint density at radius 2 is 1.45 bits per heavy atom. The number of rotatable bonds is 4. The first-order chi connectivity index (χ1) is 10.8. The fourth-order valence-corrected chi connectivity index (χ4v) is 3.16. The third-order valence-corrected chi connectivity index (χ3v) is 4.43. The van der Waals surface area contributed by atoms with E-state index >= 15 is 0 Å². The van der Waals surface area contributed by atoms with Crippen LogP contribution in [0.1, 0.15) is 42.5 Å². The van der Waals surface area contributed by atoms with Crippen LogP contribution in [-0.4, -0.2) is 11.6 Å². The van der Waals surface area contributed by atoms with E-state index < -0.39 is 0 Å². The second-order valence-electron chi connectivity index (χ2n) is 5.98. The zero-order chi connectivity index (χ0) is 15.4. The van der Waals surface area contributed by atoms with Gasteiger partial charge in [-0.1, -0.05) is 67.8 Å². The van der Waals surface area contributed by atoms with Crippen molar-refractivity contribution in [3.8, 4) is 11.1 Å². The molecule has 0 saturated heterocycles. The summed E-state index contributed by atoms with van der Waals surface area (Å²) < 4.78 is 0. The monoisotopic (exact) mass is 292 g/mol. The van der Waals surface area contributed by atoms with E-state index in [0.717, 1.165) is 36.8 Å². The lowest BCUT2D eigenvalue weighted by molar-refractivity contribution is -0.119. The summed E-state index contributed by atoms with van der Waals surface area (Å²) in [6.45, 7) is 0. The van der Waals surface area contributed by atoms with E-state index in [1.54, 1.807) is 6.07 Å². The third-order valence-electron chi connectivity index (χ3n) is 4.43. The summed E-state index contributed by atoms with van der Waals surface area (Å²) in [7, 11) is 0. The average molecular weight is 292 g/mol. The van der Waals surface area contributed by atoms with Gasteiger partial charge in [0.1, 0.15) is 0 Å². The van der Waals surface area contributed by atoms with Gasteiger partial charge in [-0.3, -0.25) is 9.59 Å². The van der Waals surface area contributed by atoms with Crippen LogP contribution in [0.4, 0.5) is 0 Å². The first kappa shape index (κ1) is 14.7. The molecule has 2 aromatic rings. The number of benzene rings is 2. The van der Waals surface area contributed by atoms with E-state index in [1.807, 2.05) is 48.5 Å². The molecule has 0 N–H and O–H groups in total. The molecule has 1 fully saturated rings. The van der Waals surface area contributed by atoms with Crippen LogP contribution in [0, 0.1) is 5.92 Å². The van der Waals surface area contributed by atoms with Gasteiger partial charge < -0.3 is 0 Å². The van der Waals surface area contributed by atoms with Crippen LogP contribution in [0.2, 0.25) is 0 Å². The predicted octanol–water partition coefficient (Wildman–Crippen LogP) is 4.69. The summed E-state index contributed by atoms with van der Waals surface area (Å²) in [5, 5.41) is 0. The molecule has 0 heterocycles. The van der Waals surface area contributed by atoms with E-state index in [2.05, 4.69) is 0 Å². The van der Waals surface area contributed by atoms with Crippen molar-refractivity contribution in [2.45, 2.75) is 32.1 Å². The number of ketones is 2. The van der Waals surface area contributed by atoms with Crippen LogP contribution in [0.3, 0.4) is 0 Å². The molecule has 0 radical (unpaired) electrons. The van der Waals surface area contributed by atoms with E-state index in [4.69, 9.17) is 0 Å². The fraction of sp³-hybridized carbons (Fsp3) is 0.300. The minimum absolute atomic E-state index is 0.0679. The van der Waals surface area contributed by atoms with E-state index in [0.29, 0.717) is 5.56 Å². The highest BCUT2D eigenvalue weighted by atomic mass is 16.2. The lowest BCUT2D eigenvalue weighted by Gasteiger charge is -2.19. The zero-order valence-corrected chi connectivity index (χ0v) is 12.6. The molecule has 112 valence electrons. The quantitative estimate of drug-likeness (QED) is 0.605. The Morgan fingerprint density at radius 1 is 0.773 bits per heavy atom. The molecule has 0 amide bonds. The lowest BCUT2D eigenvalue weighted by Crippen LogP contribution is -2.25. The Labute approximate surface area is 131 Å². The van der Waals surface area contributed by atoms with Gasteiger partial charge in [-0.25, -0.2) is 0 Å². The smallest absolute Gasteiger partial charge is 0.228 e. The Bertz CT molecular complexity index is 667. The number of carbonyl (C=O) groups excluding carboxylic acids is 2. The molecule has 2 aromatic carbocycles. The van der Waals surface area contributed by atoms with Crippen LogP contribution in [0.5, 0.6) is 0 Å². The maximum atomic E-state index is 12.5. The van der Waals surface area contributed by atoms with Crippen molar-refractivity contribution in [1.29, 1.82) is 0 Å². The highest BCUT2D eigenvalue weighted by Crippen LogP contribution is 2.26. The molecular formula is C20H20O2. The van der Waals surface area contributed by atoms with Gasteiger partial charge in [0, 0.05) is 11.5 Å². The van der Waals surface area contributed by atoms with Gasteiger partial charge in [-0.05, 0) is 30.0 Å². The van der Waals surface area contributed by atoms with Crippen LogP contribution in [0.25, 0.3) is 11.1 Å². The van der Waals surface area contributed by atoms with Crippen molar-refractivity contribution in [1.82, 2.24) is 0 Å². The molecule has 0 bridgehead atoms. The molecule has 0 atom stereocenters. The van der Waals surface area contributed by atoms with E-state index in [9.17, 15) is 9.59 Å². The summed E-state index contributed by atoms with van der Waals surface area (Å²) in [4.78, 5) is 24.9. The van der Waals surface area contributed by atoms with Gasteiger partial charge in [-0.2, -0.15) is 0 Å². The Morgan fingerprint density at radius 3 is 2.18 bits per heavy atom. The number of carbonyl (C=O) groups is 2. The summed E-state index contributed by atoms with van der Waals surface area (Å²) >= 11 is 0. The second kappa shape index (κ2) is 6.69. The van der Waals surface area contributed by atoms with Crippen molar-refractivity contribution in [3.05, 3.63) is 60.2 Å². The second-order valence-corrected chi connectivity index (χ2v) is 5.98. The molecule has 1 aliphatic carbocycles. The van der Waals surface area contributed by atoms with Crippen LogP contribution in [-0.2, 0) is 4.79 Å². The molecule has 2 heteroatoms. The summed E-state index contributed by atoms with van der Waals surface area (Å²) in [5.41, 5.74) is 2.54. The normalized spacial score (nSPS) is 15.5. The van der Waals surface area contributed by atoms with Crippen molar-refractivity contribution < 1.29 is 9.59 Å². The highest BCUT2D eigenvalue weighted by molar-refractivity contribution is 6.44. The Hall–Kier alpha value is -2.22. The van der Waals surface area contributed by atoms with Gasteiger partial charge in [0.05, 0.1) is 0 Å². The largest absolute Gasteiger partial charge is 0.290 e. The number of hydrogen-bond donors (Lipinski definition) is 0. The summed E-state index contributed by atoms with van der Waals surface area (Å²) in [5.74, 6) is -0.601. The first-order valence-electron chi connectivity index (χ1n) is 8.00. The van der Waals surface area contributed by atoms with Gasteiger partial charge >= 0.3 is 0 Å². The fourth-order valence-electron chi connectivity index (χ4n) is 3.16. The molecular weight excluding hydrogens is 272 g/mol. The maximum absolute atomic E-state index is 12.5. The predicted molar refractivity (Wildman–Crippen MR) is 87.8 cm³/mol. The van der Waals surface area contributed by atoms with Gasteiger partial charge in [0.15, 0.2) is 0 Å². The van der Waals surface area contributed by atoms with Crippen molar-refractivity contribution in [2.24, 2.45) is 5.92 Å². The molecule has 22 heavy (non-hydrogen) atoms. The minimum Gasteiger partial charge on any atom is -0.290 e. The van der Waals surface area contributed by atoms with Crippen LogP contribution in [0.15, 0.2) is 54.6 Å². The van der Waals surface area contributed by atoms with Crippen molar-refractivity contribution in [3.63, 3.8) is 0 Å². The van der Waals surface area contributed by atoms with Crippen LogP contribution < -0.4 is 0 Å². The first-order valence-corrected chi connectivity index (χ1v) is 8.00. The van der Waals surface area contributed by atoms with E-state index in [-0.39, 0.29) is 17.5 Å². The molecule has 0 spiro atoms. The lowest BCUT2D eigenvalue weighted by atomic mass is 9.83. The average Bonchev–Trinajstić information content (AvgIpc) is 2.62. The Kier molecular flexibility index (Phi) is 4.47. The zero-order valence-electron chi connectivity index (χ0n) is 12.6. The molecule has 3 rings (SSSR count). The highest BCUT2D eigenvalue weighted by Gasteiger charge is 2.27.